The molecule has 0 amide bonds. The molecular weight excluding hydrogens is 375 g/mol. The lowest BCUT2D eigenvalue weighted by Gasteiger charge is -2.26. The van der Waals surface area contributed by atoms with E-state index in [1.54, 1.807) is 24.3 Å². The predicted octanol–water partition coefficient (Wildman–Crippen LogP) is 4.25. The minimum absolute atomic E-state index is 0.220. The average Bonchev–Trinajstić information content (AvgIpc) is 2.70. The van der Waals surface area contributed by atoms with E-state index in [9.17, 15) is 12.8 Å². The lowest BCUT2D eigenvalue weighted by atomic mass is 9.88. The van der Waals surface area contributed by atoms with Gasteiger partial charge in [0.15, 0.2) is 0 Å². The van der Waals surface area contributed by atoms with Crippen molar-refractivity contribution < 1.29 is 12.8 Å². The Morgan fingerprint density at radius 1 is 1.11 bits per heavy atom. The van der Waals surface area contributed by atoms with Gasteiger partial charge in [-0.2, -0.15) is 0 Å². The quantitative estimate of drug-likeness (QED) is 0.657. The zero-order valence-corrected chi connectivity index (χ0v) is 17.2. The summed E-state index contributed by atoms with van der Waals surface area (Å²) in [6, 6.07) is 13.0. The largest absolute Gasteiger partial charge is 0.314 e. The summed E-state index contributed by atoms with van der Waals surface area (Å²) >= 11 is 0. The molecule has 0 radical (unpaired) electrons. The summed E-state index contributed by atoms with van der Waals surface area (Å²) in [5.74, 6) is 0. The van der Waals surface area contributed by atoms with Gasteiger partial charge in [-0.15, -0.1) is 0 Å². The van der Waals surface area contributed by atoms with Gasteiger partial charge in [-0.1, -0.05) is 25.1 Å². The van der Waals surface area contributed by atoms with Crippen molar-refractivity contribution in [3.63, 3.8) is 0 Å². The van der Waals surface area contributed by atoms with Crippen LogP contribution in [0.25, 0.3) is 0 Å². The molecular formula is C22H29FN2O2S. The smallest absolute Gasteiger partial charge is 0.261 e. The fraction of sp³-hybridized carbons (Fsp3) is 0.455. The van der Waals surface area contributed by atoms with E-state index >= 15 is 0 Å². The number of sulfonamides is 1. The number of aryl methyl sites for hydroxylation is 2. The second-order valence-electron chi connectivity index (χ2n) is 7.42. The summed E-state index contributed by atoms with van der Waals surface area (Å²) in [6.07, 6.45) is 5.21. The fourth-order valence-corrected chi connectivity index (χ4v) is 4.71. The number of fused-ring (bicyclic) bond motifs is 1. The zero-order valence-electron chi connectivity index (χ0n) is 16.4. The fourth-order valence-electron chi connectivity index (χ4n) is 3.66. The van der Waals surface area contributed by atoms with E-state index in [4.69, 9.17) is 0 Å². The standard InChI is InChI=1S/C22H29FN2O2S/c1-2-14-24-20-9-7-19-16-21(10-8-18(19)15-20)25-28(26,27)22-11-5-17(6-12-22)4-3-13-23/h5-6,8,10-12,16,20,24-25H,2-4,7,9,13-15H2,1H3/t20-/m1/s1. The van der Waals surface area contributed by atoms with Gasteiger partial charge < -0.3 is 5.32 Å². The molecule has 2 aromatic rings. The molecule has 1 aliphatic rings. The van der Waals surface area contributed by atoms with Crippen molar-refractivity contribution in [2.24, 2.45) is 0 Å². The highest BCUT2D eigenvalue weighted by Gasteiger charge is 2.20. The Balaban J connectivity index is 1.68. The van der Waals surface area contributed by atoms with Crippen molar-refractivity contribution in [3.05, 3.63) is 59.2 Å². The van der Waals surface area contributed by atoms with Crippen LogP contribution >= 0.6 is 0 Å². The molecule has 0 unspecified atom stereocenters. The number of alkyl halides is 1. The number of anilines is 1. The summed E-state index contributed by atoms with van der Waals surface area (Å²) in [5.41, 5.74) is 4.05. The maximum atomic E-state index is 12.7. The van der Waals surface area contributed by atoms with E-state index in [1.165, 1.54) is 11.1 Å². The Kier molecular flexibility index (Phi) is 7.08. The molecule has 0 heterocycles. The predicted molar refractivity (Wildman–Crippen MR) is 112 cm³/mol. The molecule has 4 nitrogen and oxygen atoms in total. The van der Waals surface area contributed by atoms with E-state index in [-0.39, 0.29) is 11.6 Å². The van der Waals surface area contributed by atoms with Crippen LogP contribution in [0.2, 0.25) is 0 Å². The molecule has 0 spiro atoms. The maximum absolute atomic E-state index is 12.7. The van der Waals surface area contributed by atoms with Gasteiger partial charge in [0.2, 0.25) is 0 Å². The Hall–Kier alpha value is -1.92. The minimum Gasteiger partial charge on any atom is -0.314 e. The monoisotopic (exact) mass is 404 g/mol. The number of rotatable bonds is 9. The third kappa shape index (κ3) is 5.32. The molecule has 0 aromatic heterocycles. The summed E-state index contributed by atoms with van der Waals surface area (Å²) < 4.78 is 40.3. The van der Waals surface area contributed by atoms with Gasteiger partial charge in [-0.05, 0) is 86.0 Å². The number of benzene rings is 2. The molecule has 0 bridgehead atoms. The van der Waals surface area contributed by atoms with Crippen LogP contribution in [0.4, 0.5) is 10.1 Å². The molecule has 0 aliphatic heterocycles. The second kappa shape index (κ2) is 9.52. The van der Waals surface area contributed by atoms with E-state index in [0.29, 0.717) is 24.6 Å². The van der Waals surface area contributed by atoms with Crippen LogP contribution in [-0.4, -0.2) is 27.7 Å². The highest BCUT2D eigenvalue weighted by Crippen LogP contribution is 2.26. The van der Waals surface area contributed by atoms with Crippen LogP contribution in [0, 0.1) is 0 Å². The van der Waals surface area contributed by atoms with E-state index < -0.39 is 10.0 Å². The Labute approximate surface area is 167 Å². The van der Waals surface area contributed by atoms with Crippen molar-refractivity contribution in [1.29, 1.82) is 0 Å². The minimum atomic E-state index is -3.64. The van der Waals surface area contributed by atoms with Crippen molar-refractivity contribution in [2.45, 2.75) is 56.4 Å². The topological polar surface area (TPSA) is 58.2 Å². The van der Waals surface area contributed by atoms with Gasteiger partial charge in [-0.25, -0.2) is 8.42 Å². The van der Waals surface area contributed by atoms with Crippen LogP contribution in [0.5, 0.6) is 0 Å². The number of halogens is 1. The van der Waals surface area contributed by atoms with Gasteiger partial charge in [0.25, 0.3) is 10.0 Å². The van der Waals surface area contributed by atoms with Crippen molar-refractivity contribution >= 4 is 15.7 Å². The molecule has 1 atom stereocenters. The maximum Gasteiger partial charge on any atom is 0.261 e. The summed E-state index contributed by atoms with van der Waals surface area (Å²) in [7, 11) is -3.64. The van der Waals surface area contributed by atoms with Gasteiger partial charge in [0, 0.05) is 11.7 Å². The van der Waals surface area contributed by atoms with Crippen LogP contribution in [-0.2, 0) is 29.3 Å². The van der Waals surface area contributed by atoms with Crippen molar-refractivity contribution in [3.8, 4) is 0 Å². The molecule has 2 N–H and O–H groups in total. The molecule has 0 fully saturated rings. The number of nitrogens with one attached hydrogen (secondary N) is 2. The molecule has 0 saturated carbocycles. The van der Waals surface area contributed by atoms with E-state index in [1.807, 2.05) is 18.2 Å². The van der Waals surface area contributed by atoms with Gasteiger partial charge in [0.05, 0.1) is 11.6 Å². The molecule has 0 saturated heterocycles. The van der Waals surface area contributed by atoms with E-state index in [2.05, 4.69) is 17.0 Å². The zero-order chi connectivity index (χ0) is 20.0. The lowest BCUT2D eigenvalue weighted by molar-refractivity contribution is 0.459. The third-order valence-corrected chi connectivity index (χ3v) is 6.60. The first-order valence-electron chi connectivity index (χ1n) is 10.0. The Bertz CT molecular complexity index is 882. The van der Waals surface area contributed by atoms with Crippen LogP contribution < -0.4 is 10.0 Å². The normalized spacial score (nSPS) is 16.6. The summed E-state index contributed by atoms with van der Waals surface area (Å²) in [5, 5.41) is 3.57. The van der Waals surface area contributed by atoms with Crippen molar-refractivity contribution in [2.75, 3.05) is 17.9 Å². The first kappa shape index (κ1) is 20.8. The average molecular weight is 405 g/mol. The molecule has 152 valence electrons. The first-order valence-corrected chi connectivity index (χ1v) is 11.5. The molecule has 6 heteroatoms. The SMILES string of the molecule is CCCN[C@@H]1CCc2cc(NS(=O)(=O)c3ccc(CCCF)cc3)ccc2C1. The van der Waals surface area contributed by atoms with Crippen molar-refractivity contribution in [1.82, 2.24) is 5.32 Å². The molecule has 1 aliphatic carbocycles. The Morgan fingerprint density at radius 3 is 2.61 bits per heavy atom. The summed E-state index contributed by atoms with van der Waals surface area (Å²) in [4.78, 5) is 0.220. The number of hydrogen-bond acceptors (Lipinski definition) is 3. The second-order valence-corrected chi connectivity index (χ2v) is 9.10. The van der Waals surface area contributed by atoms with Gasteiger partial charge in [-0.3, -0.25) is 9.11 Å². The van der Waals surface area contributed by atoms with Crippen LogP contribution in [0.15, 0.2) is 47.4 Å². The highest BCUT2D eigenvalue weighted by molar-refractivity contribution is 7.92. The first-order chi connectivity index (χ1) is 13.5. The van der Waals surface area contributed by atoms with Crippen LogP contribution in [0.3, 0.4) is 0 Å². The van der Waals surface area contributed by atoms with E-state index in [0.717, 1.165) is 37.8 Å². The molecule has 3 rings (SSSR count). The lowest BCUT2D eigenvalue weighted by Crippen LogP contribution is -2.35. The highest BCUT2D eigenvalue weighted by atomic mass is 32.2. The summed E-state index contributed by atoms with van der Waals surface area (Å²) in [6.45, 7) is 2.83. The third-order valence-electron chi connectivity index (χ3n) is 5.20. The van der Waals surface area contributed by atoms with Crippen LogP contribution in [0.1, 0.15) is 42.9 Å². The van der Waals surface area contributed by atoms with Gasteiger partial charge in [0.1, 0.15) is 0 Å². The molecule has 2 aromatic carbocycles. The molecule has 28 heavy (non-hydrogen) atoms. The Morgan fingerprint density at radius 2 is 1.89 bits per heavy atom. The van der Waals surface area contributed by atoms with Gasteiger partial charge >= 0.3 is 0 Å². The number of hydrogen-bond donors (Lipinski definition) is 2.